The molecule has 5 nitrogen and oxygen atoms in total. The van der Waals surface area contributed by atoms with Gasteiger partial charge in [0, 0.05) is 23.3 Å². The van der Waals surface area contributed by atoms with Crippen LogP contribution < -0.4 is 10.6 Å². The fraction of sp³-hybridized carbons (Fsp3) is 0.333. The Bertz CT molecular complexity index is 743. The van der Waals surface area contributed by atoms with E-state index in [9.17, 15) is 9.59 Å². The van der Waals surface area contributed by atoms with Gasteiger partial charge < -0.3 is 15.4 Å². The smallest absolute Gasteiger partial charge is 0.234 e. The van der Waals surface area contributed by atoms with Crippen molar-refractivity contribution in [3.05, 3.63) is 64.6 Å². The molecule has 0 aliphatic heterocycles. The molecular formula is C21H25BrN2O3S. The monoisotopic (exact) mass is 464 g/mol. The zero-order valence-corrected chi connectivity index (χ0v) is 18.1. The van der Waals surface area contributed by atoms with Crippen LogP contribution in [0.1, 0.15) is 12.0 Å². The molecule has 2 N–H and O–H groups in total. The third-order valence-corrected chi connectivity index (χ3v) is 5.17. The third kappa shape index (κ3) is 9.92. The van der Waals surface area contributed by atoms with E-state index in [2.05, 4.69) is 38.7 Å². The summed E-state index contributed by atoms with van der Waals surface area (Å²) in [4.78, 5) is 23.7. The molecule has 0 radical (unpaired) electrons. The first-order valence-electron chi connectivity index (χ1n) is 9.15. The summed E-state index contributed by atoms with van der Waals surface area (Å²) in [5.41, 5.74) is 1.99. The maximum absolute atomic E-state index is 11.9. The average Bonchev–Trinajstić information content (AvgIpc) is 2.68. The van der Waals surface area contributed by atoms with Crippen molar-refractivity contribution in [2.75, 3.05) is 36.6 Å². The van der Waals surface area contributed by atoms with Gasteiger partial charge in [-0.25, -0.2) is 0 Å². The molecule has 0 saturated carbocycles. The van der Waals surface area contributed by atoms with Crippen LogP contribution in [0.4, 0.5) is 5.69 Å². The molecule has 2 aromatic rings. The van der Waals surface area contributed by atoms with Gasteiger partial charge in [0.05, 0.1) is 18.1 Å². The molecule has 2 amide bonds. The Morgan fingerprint density at radius 3 is 2.54 bits per heavy atom. The van der Waals surface area contributed by atoms with Crippen LogP contribution in [0.15, 0.2) is 59.1 Å². The highest BCUT2D eigenvalue weighted by molar-refractivity contribution is 9.10. The van der Waals surface area contributed by atoms with Crippen LogP contribution in [0, 0.1) is 0 Å². The summed E-state index contributed by atoms with van der Waals surface area (Å²) in [7, 11) is 0. The zero-order chi connectivity index (χ0) is 20.0. The summed E-state index contributed by atoms with van der Waals surface area (Å²) in [5, 5.41) is 5.65. The number of ether oxygens (including phenoxy) is 1. The predicted octanol–water partition coefficient (Wildman–Crippen LogP) is 3.89. The zero-order valence-electron chi connectivity index (χ0n) is 15.7. The number of carbonyl (C=O) groups excluding carboxylic acids is 2. The van der Waals surface area contributed by atoms with E-state index in [0.717, 1.165) is 23.0 Å². The van der Waals surface area contributed by atoms with E-state index in [1.807, 2.05) is 42.5 Å². The van der Waals surface area contributed by atoms with Crippen molar-refractivity contribution in [3.63, 3.8) is 0 Å². The van der Waals surface area contributed by atoms with Gasteiger partial charge in [0.25, 0.3) is 0 Å². The number of nitrogens with one attached hydrogen (secondary N) is 2. The number of benzene rings is 2. The van der Waals surface area contributed by atoms with Crippen LogP contribution in [0.5, 0.6) is 0 Å². The van der Waals surface area contributed by atoms with Gasteiger partial charge in [-0.1, -0.05) is 52.3 Å². The van der Waals surface area contributed by atoms with E-state index in [4.69, 9.17) is 4.74 Å². The molecule has 0 aliphatic carbocycles. The van der Waals surface area contributed by atoms with Crippen LogP contribution in [0.3, 0.4) is 0 Å². The predicted molar refractivity (Wildman–Crippen MR) is 119 cm³/mol. The number of carbonyl (C=O) groups is 2. The highest BCUT2D eigenvalue weighted by atomic mass is 79.9. The Balaban J connectivity index is 1.45. The largest absolute Gasteiger partial charge is 0.381 e. The van der Waals surface area contributed by atoms with E-state index in [1.54, 1.807) is 0 Å². The Morgan fingerprint density at radius 2 is 1.75 bits per heavy atom. The molecule has 0 atom stereocenters. The molecule has 150 valence electrons. The van der Waals surface area contributed by atoms with Crippen molar-refractivity contribution in [1.82, 2.24) is 5.32 Å². The number of halogens is 1. The van der Waals surface area contributed by atoms with Crippen molar-refractivity contribution >= 4 is 45.2 Å². The Morgan fingerprint density at radius 1 is 0.964 bits per heavy atom. The summed E-state index contributed by atoms with van der Waals surface area (Å²) in [6.07, 6.45) is 1.67. The molecule has 2 rings (SSSR count). The minimum atomic E-state index is -0.122. The van der Waals surface area contributed by atoms with Crippen molar-refractivity contribution in [1.29, 1.82) is 0 Å². The van der Waals surface area contributed by atoms with Crippen molar-refractivity contribution in [2.24, 2.45) is 0 Å². The van der Waals surface area contributed by atoms with Gasteiger partial charge in [0.1, 0.15) is 0 Å². The number of amides is 2. The van der Waals surface area contributed by atoms with Crippen LogP contribution in [0.2, 0.25) is 0 Å². The van der Waals surface area contributed by atoms with Crippen molar-refractivity contribution < 1.29 is 14.3 Å². The van der Waals surface area contributed by atoms with Gasteiger partial charge in [0.15, 0.2) is 0 Å². The van der Waals surface area contributed by atoms with Crippen LogP contribution >= 0.6 is 27.7 Å². The molecule has 0 saturated heterocycles. The first kappa shape index (κ1) is 22.5. The summed E-state index contributed by atoms with van der Waals surface area (Å²) in [5.74, 6) is 0.316. The van der Waals surface area contributed by atoms with E-state index in [-0.39, 0.29) is 23.3 Å². The Hall–Kier alpha value is -1.83. The lowest BCUT2D eigenvalue weighted by atomic mass is 10.2. The molecular weight excluding hydrogens is 440 g/mol. The first-order valence-corrected chi connectivity index (χ1v) is 11.1. The number of hydrogen-bond acceptors (Lipinski definition) is 4. The van der Waals surface area contributed by atoms with Gasteiger partial charge in [-0.15, -0.1) is 11.8 Å². The minimum Gasteiger partial charge on any atom is -0.381 e. The summed E-state index contributed by atoms with van der Waals surface area (Å²) >= 11 is 4.66. The summed E-state index contributed by atoms with van der Waals surface area (Å²) < 4.78 is 6.49. The first-order chi connectivity index (χ1) is 13.6. The standard InChI is InChI=1S/C21H25BrN2O3S/c22-18-8-4-9-19(14-18)24-21(26)16-28-15-20(25)23-11-5-12-27-13-10-17-6-2-1-3-7-17/h1-4,6-9,14H,5,10-13,15-16H2,(H,23,25)(H,24,26). The second-order valence-electron chi connectivity index (χ2n) is 6.10. The topological polar surface area (TPSA) is 67.4 Å². The highest BCUT2D eigenvalue weighted by Crippen LogP contribution is 2.15. The van der Waals surface area contributed by atoms with Gasteiger partial charge in [-0.3, -0.25) is 9.59 Å². The second kappa shape index (κ2) is 13.4. The number of anilines is 1. The highest BCUT2D eigenvalue weighted by Gasteiger charge is 2.06. The fourth-order valence-corrected chi connectivity index (χ4v) is 3.44. The van der Waals surface area contributed by atoms with Crippen LogP contribution in [-0.4, -0.2) is 43.1 Å². The molecule has 0 aliphatic rings. The molecule has 0 heterocycles. The molecule has 2 aromatic carbocycles. The molecule has 0 unspecified atom stereocenters. The number of thioether (sulfide) groups is 1. The Labute approximate surface area is 178 Å². The number of rotatable bonds is 12. The van der Waals surface area contributed by atoms with Gasteiger partial charge in [-0.05, 0) is 36.6 Å². The maximum Gasteiger partial charge on any atom is 0.234 e. The Kier molecular flexibility index (Phi) is 10.7. The van der Waals surface area contributed by atoms with Crippen molar-refractivity contribution in [3.8, 4) is 0 Å². The minimum absolute atomic E-state index is 0.0652. The van der Waals surface area contributed by atoms with Crippen LogP contribution in [-0.2, 0) is 20.7 Å². The molecule has 28 heavy (non-hydrogen) atoms. The SMILES string of the molecule is O=C(CSCC(=O)Nc1cccc(Br)c1)NCCCOCCc1ccccc1. The second-order valence-corrected chi connectivity index (χ2v) is 8.00. The quantitative estimate of drug-likeness (QED) is 0.467. The lowest BCUT2D eigenvalue weighted by Crippen LogP contribution is -2.27. The van der Waals surface area contributed by atoms with Gasteiger partial charge >= 0.3 is 0 Å². The fourth-order valence-electron chi connectivity index (χ4n) is 2.39. The van der Waals surface area contributed by atoms with Crippen molar-refractivity contribution in [2.45, 2.75) is 12.8 Å². The molecule has 7 heteroatoms. The van der Waals surface area contributed by atoms with E-state index in [0.29, 0.717) is 19.8 Å². The molecule has 0 aromatic heterocycles. The normalized spacial score (nSPS) is 10.5. The van der Waals surface area contributed by atoms with E-state index >= 15 is 0 Å². The lowest BCUT2D eigenvalue weighted by Gasteiger charge is -2.07. The third-order valence-electron chi connectivity index (χ3n) is 3.74. The number of hydrogen-bond donors (Lipinski definition) is 2. The van der Waals surface area contributed by atoms with Crippen LogP contribution in [0.25, 0.3) is 0 Å². The summed E-state index contributed by atoms with van der Waals surface area (Å²) in [6.45, 7) is 1.88. The van der Waals surface area contributed by atoms with Gasteiger partial charge in [-0.2, -0.15) is 0 Å². The van der Waals surface area contributed by atoms with E-state index in [1.165, 1.54) is 17.3 Å². The molecule has 0 bridgehead atoms. The lowest BCUT2D eigenvalue weighted by molar-refractivity contribution is -0.118. The summed E-state index contributed by atoms with van der Waals surface area (Å²) in [6, 6.07) is 17.6. The average molecular weight is 465 g/mol. The molecule has 0 fully saturated rings. The van der Waals surface area contributed by atoms with Gasteiger partial charge in [0.2, 0.25) is 11.8 Å². The van der Waals surface area contributed by atoms with E-state index < -0.39 is 0 Å². The molecule has 0 spiro atoms. The maximum atomic E-state index is 11.9.